The quantitative estimate of drug-likeness (QED) is 0.0356. The predicted molar refractivity (Wildman–Crippen MR) is 438 cm³/mol. The van der Waals surface area contributed by atoms with Crippen LogP contribution in [0.2, 0.25) is 0 Å². The molecule has 0 atom stereocenters. The van der Waals surface area contributed by atoms with Gasteiger partial charge in [-0.05, 0) is 126 Å². The zero-order valence-corrected chi connectivity index (χ0v) is 66.6. The number of rotatable bonds is 61. The van der Waals surface area contributed by atoms with Crippen LogP contribution in [-0.2, 0) is 10.8 Å². The number of hydrogen-bond donors (Lipinski definition) is 0. The van der Waals surface area contributed by atoms with Gasteiger partial charge in [0.15, 0.2) is 0 Å². The van der Waals surface area contributed by atoms with Crippen LogP contribution in [0.5, 0.6) is 0 Å². The van der Waals surface area contributed by atoms with Gasteiger partial charge >= 0.3 is 0 Å². The first-order valence-electron chi connectivity index (χ1n) is 43.0. The maximum Gasteiger partial charge on any atom is 0.113 e. The molecule has 0 amide bonds. The van der Waals surface area contributed by atoms with Gasteiger partial charge in [-0.25, -0.2) is 0 Å². The molecule has 5 heteroatoms. The maximum atomic E-state index is 5.02. The highest BCUT2D eigenvalue weighted by molar-refractivity contribution is 7.19. The molecule has 542 valence electrons. The second kappa shape index (κ2) is 46.7. The van der Waals surface area contributed by atoms with Crippen molar-refractivity contribution in [1.29, 1.82) is 0 Å². The molecular formula is C92H146N2S3. The molecule has 2 nitrogen and oxygen atoms in total. The lowest BCUT2D eigenvalue weighted by Gasteiger charge is -2.33. The Morgan fingerprint density at radius 1 is 0.268 bits per heavy atom. The monoisotopic (exact) mass is 1380 g/mol. The van der Waals surface area contributed by atoms with E-state index in [1.165, 1.54) is 429 Å². The summed E-state index contributed by atoms with van der Waals surface area (Å²) in [5.41, 5.74) is 14.7. The molecule has 0 saturated heterocycles. The summed E-state index contributed by atoms with van der Waals surface area (Å²) in [5.74, 6) is 0. The first-order valence-corrected chi connectivity index (χ1v) is 45.4. The first kappa shape index (κ1) is 79.8. The summed E-state index contributed by atoms with van der Waals surface area (Å²) in [6, 6.07) is 21.2. The second-order valence-corrected chi connectivity index (χ2v) is 34.9. The van der Waals surface area contributed by atoms with Gasteiger partial charge in [-0.2, -0.15) is 8.75 Å². The van der Waals surface area contributed by atoms with Crippen LogP contribution in [0.1, 0.15) is 446 Å². The highest BCUT2D eigenvalue weighted by Crippen LogP contribution is 2.62. The van der Waals surface area contributed by atoms with Crippen LogP contribution >= 0.6 is 34.4 Å². The van der Waals surface area contributed by atoms with Crippen molar-refractivity contribution in [2.75, 3.05) is 0 Å². The van der Waals surface area contributed by atoms with Gasteiger partial charge in [-0.15, -0.1) is 22.7 Å². The Bertz CT molecular complexity index is 2970. The number of unbranched alkanes of at least 4 members (excludes halogenated alkanes) is 52. The largest absolute Gasteiger partial charge is 0.173 e. The van der Waals surface area contributed by atoms with E-state index in [0.717, 1.165) is 11.0 Å². The zero-order chi connectivity index (χ0) is 67.9. The van der Waals surface area contributed by atoms with Crippen molar-refractivity contribution in [3.8, 4) is 31.3 Å². The Morgan fingerprint density at radius 3 is 0.866 bits per heavy atom. The van der Waals surface area contributed by atoms with Crippen LogP contribution in [0.3, 0.4) is 0 Å². The Kier molecular flexibility index (Phi) is 38.4. The third kappa shape index (κ3) is 24.9. The fourth-order valence-electron chi connectivity index (χ4n) is 18.0. The van der Waals surface area contributed by atoms with Gasteiger partial charge in [0.1, 0.15) is 11.0 Å². The molecule has 0 fully saturated rings. The molecular weight excluding hydrogens is 1230 g/mol. The highest BCUT2D eigenvalue weighted by Gasteiger charge is 2.47. The molecule has 8 rings (SSSR count). The summed E-state index contributed by atoms with van der Waals surface area (Å²) in [6.45, 7) is 14.0. The minimum Gasteiger partial charge on any atom is -0.173 e. The zero-order valence-electron chi connectivity index (χ0n) is 64.2. The Hall–Kier alpha value is -2.86. The van der Waals surface area contributed by atoms with Crippen LogP contribution in [-0.4, -0.2) is 8.75 Å². The number of nitrogens with zero attached hydrogens (tertiary/aromatic N) is 2. The van der Waals surface area contributed by atoms with Crippen LogP contribution in [0.25, 0.3) is 53.1 Å². The molecule has 0 unspecified atom stereocenters. The number of benzene rings is 3. The number of fused-ring (bicyclic) bond motifs is 8. The van der Waals surface area contributed by atoms with Gasteiger partial charge in [-0.1, -0.05) is 399 Å². The molecule has 6 aromatic rings. The number of aromatic nitrogens is 2. The van der Waals surface area contributed by atoms with E-state index in [0.29, 0.717) is 0 Å². The van der Waals surface area contributed by atoms with E-state index in [1.54, 1.807) is 43.1 Å². The maximum absolute atomic E-state index is 5.02. The lowest BCUT2D eigenvalue weighted by molar-refractivity contribution is 0.397. The predicted octanol–water partition coefficient (Wildman–Crippen LogP) is 33.3. The lowest BCUT2D eigenvalue weighted by atomic mass is 9.69. The summed E-state index contributed by atoms with van der Waals surface area (Å²) in [7, 11) is 0. The third-order valence-electron chi connectivity index (χ3n) is 24.0. The molecule has 97 heavy (non-hydrogen) atoms. The topological polar surface area (TPSA) is 25.8 Å². The first-order chi connectivity index (χ1) is 47.9. The van der Waals surface area contributed by atoms with E-state index < -0.39 is 0 Å². The molecule has 0 radical (unpaired) electrons. The minimum absolute atomic E-state index is 0.0151. The van der Waals surface area contributed by atoms with E-state index in [1.807, 2.05) is 0 Å². The highest BCUT2D eigenvalue weighted by atomic mass is 32.1. The van der Waals surface area contributed by atoms with Gasteiger partial charge in [0, 0.05) is 35.9 Å². The fraction of sp³-hybridized carbons (Fsp3) is 0.739. The van der Waals surface area contributed by atoms with Gasteiger partial charge in [0.25, 0.3) is 0 Å². The number of thiophene rings is 2. The molecule has 3 aromatic carbocycles. The minimum atomic E-state index is 0.0151. The standard InChI is InChI=1S/C92H146N2S3/c1-7-11-15-19-23-27-31-35-39-43-47-51-55-59-65-91(66-60-56-52-48-44-40-36-32-28-24-20-16-12-8-2)82-72-78-71-81-83(73-77(78)70-80(82)89-84(91)69-76(6)95-89)92(67-61-57-53-49-45-41-37-33-29-25-21-17-13-9-3,68-62-58-54-50-46-42-38-34-30-26-22-18-14-10-4)85-74-86(96-90(81)85)79-64-63-75(5)87-88(79)94-97-93-87/h63-64,69-74H,7-62,65-68H2,1-6H3. The number of aryl methyl sites for hydroxylation is 2. The molecule has 0 saturated carbocycles. The smallest absolute Gasteiger partial charge is 0.113 e. The molecule has 0 bridgehead atoms. The average molecular weight is 1380 g/mol. The summed E-state index contributed by atoms with van der Waals surface area (Å²) >= 11 is 5.60. The van der Waals surface area contributed by atoms with E-state index in [2.05, 4.69) is 113 Å². The molecule has 2 aliphatic rings. The molecule has 3 aromatic heterocycles. The summed E-state index contributed by atoms with van der Waals surface area (Å²) in [6.07, 6.45) is 84.2. The van der Waals surface area contributed by atoms with Crippen molar-refractivity contribution in [2.24, 2.45) is 0 Å². The van der Waals surface area contributed by atoms with Gasteiger partial charge in [-0.3, -0.25) is 0 Å². The van der Waals surface area contributed by atoms with Crippen molar-refractivity contribution in [2.45, 2.75) is 438 Å². The van der Waals surface area contributed by atoms with E-state index in [-0.39, 0.29) is 10.8 Å². The van der Waals surface area contributed by atoms with Crippen molar-refractivity contribution in [3.63, 3.8) is 0 Å². The Morgan fingerprint density at radius 2 is 0.546 bits per heavy atom. The molecule has 2 aliphatic carbocycles. The summed E-state index contributed by atoms with van der Waals surface area (Å²) in [5, 5.41) is 2.98. The SMILES string of the molecule is CCCCCCCCCCCCCCCCC1(CCCCCCCCCCCCCCCC)c2cc3cc4c(cc3cc2-c2sc(C)cc21)C(CCCCCCCCCCCCCCCC)(CCCCCCCCCCCCCCCC)c1cc(-c2ccc(C)c3nsnc23)sc1-4. The average Bonchev–Trinajstić information content (AvgIpc) is 1.55. The normalized spacial score (nSPS) is 13.6. The summed E-state index contributed by atoms with van der Waals surface area (Å²) in [4.78, 5) is 6.09. The van der Waals surface area contributed by atoms with Crippen LogP contribution in [0.15, 0.2) is 48.5 Å². The van der Waals surface area contributed by atoms with Gasteiger partial charge in [0.05, 0.1) is 11.7 Å². The van der Waals surface area contributed by atoms with Crippen LogP contribution in [0, 0.1) is 13.8 Å². The van der Waals surface area contributed by atoms with Crippen molar-refractivity contribution in [1.82, 2.24) is 8.75 Å². The molecule has 3 heterocycles. The van der Waals surface area contributed by atoms with Gasteiger partial charge in [0.2, 0.25) is 0 Å². The Balaban J connectivity index is 1.04. The molecule has 0 N–H and O–H groups in total. The van der Waals surface area contributed by atoms with Crippen molar-refractivity contribution < 1.29 is 0 Å². The van der Waals surface area contributed by atoms with Crippen molar-refractivity contribution >= 4 is 56.2 Å². The van der Waals surface area contributed by atoms with Crippen molar-refractivity contribution in [3.05, 3.63) is 81.2 Å². The number of hydrogen-bond acceptors (Lipinski definition) is 5. The Labute approximate surface area is 610 Å². The van der Waals surface area contributed by atoms with E-state index >= 15 is 0 Å². The third-order valence-corrected chi connectivity index (χ3v) is 26.8. The van der Waals surface area contributed by atoms with E-state index in [9.17, 15) is 0 Å². The fourth-order valence-corrected chi connectivity index (χ4v) is 21.0. The lowest BCUT2D eigenvalue weighted by Crippen LogP contribution is -2.26. The molecule has 0 spiro atoms. The van der Waals surface area contributed by atoms with Crippen LogP contribution in [0.4, 0.5) is 0 Å². The second-order valence-electron chi connectivity index (χ2n) is 32.0. The summed E-state index contributed by atoms with van der Waals surface area (Å²) < 4.78 is 9.89. The molecule has 0 aliphatic heterocycles. The van der Waals surface area contributed by atoms with E-state index in [4.69, 9.17) is 8.75 Å². The van der Waals surface area contributed by atoms with Gasteiger partial charge < -0.3 is 0 Å². The van der Waals surface area contributed by atoms with Crippen LogP contribution < -0.4 is 0 Å².